The Morgan fingerprint density at radius 2 is 2.03 bits per heavy atom. The number of fused-ring (bicyclic) bond motifs is 2. The van der Waals surface area contributed by atoms with Gasteiger partial charge in [-0.15, -0.1) is 11.3 Å². The van der Waals surface area contributed by atoms with Crippen molar-refractivity contribution >= 4 is 22.2 Å². The summed E-state index contributed by atoms with van der Waals surface area (Å²) in [5, 5.41) is 9.38. The number of amides is 1. The predicted molar refractivity (Wildman–Crippen MR) is 132 cm³/mol. The highest BCUT2D eigenvalue weighted by Gasteiger charge is 2.15. The Labute approximate surface area is 201 Å². The van der Waals surface area contributed by atoms with Gasteiger partial charge in [-0.3, -0.25) is 14.0 Å². The molecule has 5 rings (SSSR count). The molecule has 8 nitrogen and oxygen atoms in total. The number of rotatable bonds is 8. The number of nitrogens with zero attached hydrogens (tertiary/aromatic N) is 4. The maximum absolute atomic E-state index is 12.6. The SMILES string of the molecule is CCOc1ccc(-c2cn3c(CC(=O)NCCn4nc5c(cc4=O)CCCC5)csc3n2)cc1. The van der Waals surface area contributed by atoms with Gasteiger partial charge in [-0.05, 0) is 62.4 Å². The van der Waals surface area contributed by atoms with Crippen LogP contribution in [0, 0.1) is 0 Å². The van der Waals surface area contributed by atoms with Crippen LogP contribution >= 0.6 is 11.3 Å². The lowest BCUT2D eigenvalue weighted by atomic mass is 9.97. The van der Waals surface area contributed by atoms with Crippen molar-refractivity contribution in [3.8, 4) is 17.0 Å². The van der Waals surface area contributed by atoms with E-state index in [0.29, 0.717) is 19.7 Å². The first kappa shape index (κ1) is 22.3. The van der Waals surface area contributed by atoms with E-state index in [1.54, 1.807) is 6.07 Å². The molecule has 0 bridgehead atoms. The van der Waals surface area contributed by atoms with Gasteiger partial charge in [-0.1, -0.05) is 0 Å². The molecule has 1 amide bonds. The third-order valence-electron chi connectivity index (χ3n) is 6.01. The Hall–Kier alpha value is -3.46. The first-order chi connectivity index (χ1) is 16.6. The van der Waals surface area contributed by atoms with Crippen LogP contribution in [0.1, 0.15) is 36.7 Å². The van der Waals surface area contributed by atoms with Crippen molar-refractivity contribution in [3.05, 3.63) is 69.2 Å². The van der Waals surface area contributed by atoms with Gasteiger partial charge in [0.25, 0.3) is 5.56 Å². The molecular weight excluding hydrogens is 450 g/mol. The Morgan fingerprint density at radius 3 is 2.85 bits per heavy atom. The molecule has 3 heterocycles. The summed E-state index contributed by atoms with van der Waals surface area (Å²) in [4.78, 5) is 30.4. The monoisotopic (exact) mass is 477 g/mol. The van der Waals surface area contributed by atoms with Crippen LogP contribution in [0.4, 0.5) is 0 Å². The number of hydrogen-bond acceptors (Lipinski definition) is 6. The van der Waals surface area contributed by atoms with Gasteiger partial charge < -0.3 is 10.1 Å². The minimum atomic E-state index is -0.102. The number of aryl methyl sites for hydroxylation is 2. The molecule has 1 aliphatic carbocycles. The van der Waals surface area contributed by atoms with Crippen molar-refractivity contribution in [1.29, 1.82) is 0 Å². The van der Waals surface area contributed by atoms with Crippen LogP contribution in [0.5, 0.6) is 5.75 Å². The van der Waals surface area contributed by atoms with E-state index in [2.05, 4.69) is 10.4 Å². The summed E-state index contributed by atoms with van der Waals surface area (Å²) < 4.78 is 8.93. The van der Waals surface area contributed by atoms with Crippen LogP contribution < -0.4 is 15.6 Å². The van der Waals surface area contributed by atoms with Crippen LogP contribution in [-0.4, -0.2) is 38.2 Å². The van der Waals surface area contributed by atoms with Crippen molar-refractivity contribution in [2.45, 2.75) is 45.6 Å². The summed E-state index contributed by atoms with van der Waals surface area (Å²) in [6, 6.07) is 9.54. The molecule has 0 unspecified atom stereocenters. The fourth-order valence-corrected chi connectivity index (χ4v) is 5.15. The van der Waals surface area contributed by atoms with Crippen molar-refractivity contribution in [2.24, 2.45) is 0 Å². The third-order valence-corrected chi connectivity index (χ3v) is 6.89. The number of thiazole rings is 1. The number of hydrogen-bond donors (Lipinski definition) is 1. The zero-order chi connectivity index (χ0) is 23.5. The summed E-state index contributed by atoms with van der Waals surface area (Å²) >= 11 is 1.51. The zero-order valence-corrected chi connectivity index (χ0v) is 19.9. The highest BCUT2D eigenvalue weighted by Crippen LogP contribution is 2.25. The molecule has 34 heavy (non-hydrogen) atoms. The van der Waals surface area contributed by atoms with Crippen LogP contribution in [-0.2, 0) is 30.6 Å². The Bertz CT molecular complexity index is 1370. The average molecular weight is 478 g/mol. The van der Waals surface area contributed by atoms with Crippen LogP contribution in [0.2, 0.25) is 0 Å². The first-order valence-corrected chi connectivity index (χ1v) is 12.5. The zero-order valence-electron chi connectivity index (χ0n) is 19.1. The highest BCUT2D eigenvalue weighted by atomic mass is 32.1. The van der Waals surface area contributed by atoms with Gasteiger partial charge in [0, 0.05) is 35.4 Å². The summed E-state index contributed by atoms with van der Waals surface area (Å²) in [6.07, 6.45) is 6.27. The molecule has 1 N–H and O–H groups in total. The molecule has 0 saturated carbocycles. The Balaban J connectivity index is 1.21. The Kier molecular flexibility index (Phi) is 6.44. The van der Waals surface area contributed by atoms with E-state index in [0.717, 1.165) is 64.6 Å². The normalized spacial score (nSPS) is 13.1. The largest absolute Gasteiger partial charge is 0.494 e. The van der Waals surface area contributed by atoms with Crippen LogP contribution in [0.15, 0.2) is 46.7 Å². The third kappa shape index (κ3) is 4.75. The second-order valence-corrected chi connectivity index (χ2v) is 9.21. The fraction of sp³-hybridized carbons (Fsp3) is 0.360. The number of benzene rings is 1. The van der Waals surface area contributed by atoms with Crippen molar-refractivity contribution in [1.82, 2.24) is 24.5 Å². The average Bonchev–Trinajstić information content (AvgIpc) is 3.42. The fourth-order valence-electron chi connectivity index (χ4n) is 4.27. The smallest absolute Gasteiger partial charge is 0.267 e. The van der Waals surface area contributed by atoms with Crippen LogP contribution in [0.3, 0.4) is 0 Å². The van der Waals surface area contributed by atoms with Gasteiger partial charge in [0.2, 0.25) is 5.91 Å². The number of ether oxygens (including phenoxy) is 1. The van der Waals surface area contributed by atoms with Crippen molar-refractivity contribution in [3.63, 3.8) is 0 Å². The number of nitrogens with one attached hydrogen (secondary N) is 1. The molecule has 4 aromatic rings. The van der Waals surface area contributed by atoms with Gasteiger partial charge in [0.1, 0.15) is 5.75 Å². The molecule has 0 spiro atoms. The lowest BCUT2D eigenvalue weighted by molar-refractivity contribution is -0.120. The van der Waals surface area contributed by atoms with Gasteiger partial charge in [0.15, 0.2) is 4.96 Å². The van der Waals surface area contributed by atoms with Gasteiger partial charge >= 0.3 is 0 Å². The Morgan fingerprint density at radius 1 is 1.21 bits per heavy atom. The highest BCUT2D eigenvalue weighted by molar-refractivity contribution is 7.15. The summed E-state index contributed by atoms with van der Waals surface area (Å²) in [5.41, 5.74) is 4.72. The van der Waals surface area contributed by atoms with Crippen LogP contribution in [0.25, 0.3) is 16.2 Å². The number of carbonyl (C=O) groups excluding carboxylic acids is 1. The maximum atomic E-state index is 12.6. The quantitative estimate of drug-likeness (QED) is 0.421. The second kappa shape index (κ2) is 9.80. The van der Waals surface area contributed by atoms with E-state index in [9.17, 15) is 9.59 Å². The van der Waals surface area contributed by atoms with E-state index in [1.807, 2.05) is 47.2 Å². The molecule has 9 heteroatoms. The molecule has 176 valence electrons. The lowest BCUT2D eigenvalue weighted by Gasteiger charge is -2.16. The molecular formula is C25H27N5O3S. The van der Waals surface area contributed by atoms with E-state index in [-0.39, 0.29) is 17.9 Å². The van der Waals surface area contributed by atoms with Crippen molar-refractivity contribution < 1.29 is 9.53 Å². The first-order valence-electron chi connectivity index (χ1n) is 11.7. The van der Waals surface area contributed by atoms with E-state index in [1.165, 1.54) is 16.0 Å². The number of aromatic nitrogens is 4. The second-order valence-electron chi connectivity index (χ2n) is 8.37. The van der Waals surface area contributed by atoms with Crippen molar-refractivity contribution in [2.75, 3.05) is 13.2 Å². The molecule has 0 atom stereocenters. The summed E-state index contributed by atoms with van der Waals surface area (Å²) in [6.45, 7) is 3.31. The maximum Gasteiger partial charge on any atom is 0.267 e. The molecule has 3 aromatic heterocycles. The minimum absolute atomic E-state index is 0.0953. The molecule has 0 aliphatic heterocycles. The minimum Gasteiger partial charge on any atom is -0.494 e. The van der Waals surface area contributed by atoms with Gasteiger partial charge in [0.05, 0.1) is 31.0 Å². The topological polar surface area (TPSA) is 90.5 Å². The molecule has 0 fully saturated rings. The standard InChI is InChI=1S/C25H27N5O3S/c1-2-33-20-9-7-17(8-10-20)22-15-29-19(16-34-25(29)27-22)14-23(31)26-11-12-30-24(32)13-18-5-3-4-6-21(18)28-30/h7-10,13,15-16H,2-6,11-12,14H2,1H3,(H,26,31). The number of imidazole rings is 1. The molecule has 1 aromatic carbocycles. The predicted octanol–water partition coefficient (Wildman–Crippen LogP) is 3.26. The molecule has 0 radical (unpaired) electrons. The van der Waals surface area contributed by atoms with E-state index in [4.69, 9.17) is 9.72 Å². The van der Waals surface area contributed by atoms with E-state index < -0.39 is 0 Å². The summed E-state index contributed by atoms with van der Waals surface area (Å²) in [7, 11) is 0. The van der Waals surface area contributed by atoms with E-state index >= 15 is 0 Å². The molecule has 1 aliphatic rings. The van der Waals surface area contributed by atoms with Gasteiger partial charge in [-0.2, -0.15) is 5.10 Å². The summed E-state index contributed by atoms with van der Waals surface area (Å²) in [5.74, 6) is 0.736. The van der Waals surface area contributed by atoms with Gasteiger partial charge in [-0.25, -0.2) is 9.67 Å². The lowest BCUT2D eigenvalue weighted by Crippen LogP contribution is -2.34. The number of carbonyl (C=O) groups is 1. The molecule has 0 saturated heterocycles.